The number of aliphatic hydroxyl groups excluding tert-OH is 1. The minimum atomic E-state index is -0.195. The Morgan fingerprint density at radius 3 is 2.65 bits per heavy atom. The third kappa shape index (κ3) is 3.96. The van der Waals surface area contributed by atoms with Gasteiger partial charge >= 0.3 is 0 Å². The highest BCUT2D eigenvalue weighted by molar-refractivity contribution is 4.93. The van der Waals surface area contributed by atoms with E-state index in [1.165, 1.54) is 38.6 Å². The number of aliphatic hydroxyl groups is 1. The van der Waals surface area contributed by atoms with Crippen LogP contribution in [0.1, 0.15) is 65.2 Å². The average molecular weight is 278 g/mol. The van der Waals surface area contributed by atoms with Crippen LogP contribution in [0.25, 0.3) is 0 Å². The van der Waals surface area contributed by atoms with Crippen molar-refractivity contribution in [3.05, 3.63) is 0 Å². The maximum absolute atomic E-state index is 10.3. The van der Waals surface area contributed by atoms with Crippen LogP contribution >= 0.6 is 0 Å². The third-order valence-corrected chi connectivity index (χ3v) is 5.24. The molecule has 1 N–H and O–H groups in total. The van der Waals surface area contributed by atoms with Crippen molar-refractivity contribution >= 4 is 0 Å². The summed E-state index contributed by atoms with van der Waals surface area (Å²) in [6.45, 7) is 6.33. The van der Waals surface area contributed by atoms with Gasteiger partial charge in [0.2, 0.25) is 0 Å². The number of likely N-dealkylation sites (tertiary alicyclic amines) is 1. The second kappa shape index (κ2) is 6.91. The number of nitrogens with zero attached hydrogens (tertiary/aromatic N) is 2. The van der Waals surface area contributed by atoms with E-state index >= 15 is 0 Å². The standard InChI is InChI=1S/C17H30N2O/c1-17(2,13-18)10-6-12-19-11-5-8-15(19)14-7-3-4-9-16(14)20/h14-16,20H,3-12H2,1-2H3. The van der Waals surface area contributed by atoms with Gasteiger partial charge in [0.15, 0.2) is 0 Å². The van der Waals surface area contributed by atoms with Crippen molar-refractivity contribution in [2.75, 3.05) is 13.1 Å². The zero-order valence-corrected chi connectivity index (χ0v) is 13.1. The van der Waals surface area contributed by atoms with Gasteiger partial charge < -0.3 is 10.0 Å². The van der Waals surface area contributed by atoms with E-state index in [0.29, 0.717) is 12.0 Å². The van der Waals surface area contributed by atoms with Crippen LogP contribution in [-0.4, -0.2) is 35.2 Å². The molecule has 2 aliphatic rings. The summed E-state index contributed by atoms with van der Waals surface area (Å²) in [4.78, 5) is 2.59. The molecule has 0 aromatic carbocycles. The van der Waals surface area contributed by atoms with Crippen LogP contribution in [0.3, 0.4) is 0 Å². The molecule has 1 aliphatic carbocycles. The molecule has 1 heterocycles. The van der Waals surface area contributed by atoms with Gasteiger partial charge in [-0.05, 0) is 65.5 Å². The minimum absolute atomic E-state index is 0.0788. The van der Waals surface area contributed by atoms with Crippen molar-refractivity contribution in [1.82, 2.24) is 4.90 Å². The van der Waals surface area contributed by atoms with Gasteiger partial charge in [0.1, 0.15) is 0 Å². The van der Waals surface area contributed by atoms with Crippen molar-refractivity contribution in [2.24, 2.45) is 11.3 Å². The molecular weight excluding hydrogens is 248 g/mol. The van der Waals surface area contributed by atoms with Gasteiger partial charge in [-0.25, -0.2) is 0 Å². The molecule has 3 heteroatoms. The lowest BCUT2D eigenvalue weighted by atomic mass is 9.80. The molecule has 3 nitrogen and oxygen atoms in total. The van der Waals surface area contributed by atoms with Crippen molar-refractivity contribution in [1.29, 1.82) is 5.26 Å². The Morgan fingerprint density at radius 1 is 1.20 bits per heavy atom. The minimum Gasteiger partial charge on any atom is -0.393 e. The van der Waals surface area contributed by atoms with Gasteiger partial charge in [-0.2, -0.15) is 5.26 Å². The number of rotatable bonds is 5. The molecular formula is C17H30N2O. The summed E-state index contributed by atoms with van der Waals surface area (Å²) >= 11 is 0. The van der Waals surface area contributed by atoms with Crippen molar-refractivity contribution in [3.63, 3.8) is 0 Å². The lowest BCUT2D eigenvalue weighted by Gasteiger charge is -2.37. The van der Waals surface area contributed by atoms with Gasteiger partial charge in [-0.1, -0.05) is 12.8 Å². The number of hydrogen-bond acceptors (Lipinski definition) is 3. The SMILES string of the molecule is CC(C)(C#N)CCCN1CCCC1C1CCCCC1O. The monoisotopic (exact) mass is 278 g/mol. The van der Waals surface area contributed by atoms with Gasteiger partial charge in [-0.3, -0.25) is 0 Å². The van der Waals surface area contributed by atoms with E-state index in [1.807, 2.05) is 13.8 Å². The molecule has 2 fully saturated rings. The largest absolute Gasteiger partial charge is 0.393 e. The molecule has 3 unspecified atom stereocenters. The highest BCUT2D eigenvalue weighted by atomic mass is 16.3. The lowest BCUT2D eigenvalue weighted by molar-refractivity contribution is 0.0214. The van der Waals surface area contributed by atoms with E-state index in [2.05, 4.69) is 11.0 Å². The Hall–Kier alpha value is -0.590. The Kier molecular flexibility index (Phi) is 5.46. The van der Waals surface area contributed by atoms with Crippen LogP contribution in [0.2, 0.25) is 0 Å². The maximum atomic E-state index is 10.3. The van der Waals surface area contributed by atoms with Gasteiger partial charge in [0.25, 0.3) is 0 Å². The second-order valence-corrected chi connectivity index (χ2v) is 7.36. The summed E-state index contributed by atoms with van der Waals surface area (Å²) < 4.78 is 0. The molecule has 0 aromatic heterocycles. The van der Waals surface area contributed by atoms with E-state index in [-0.39, 0.29) is 11.5 Å². The maximum Gasteiger partial charge on any atom is 0.0683 e. The third-order valence-electron chi connectivity index (χ3n) is 5.24. The Balaban J connectivity index is 1.83. The molecule has 1 saturated heterocycles. The molecule has 114 valence electrons. The molecule has 20 heavy (non-hydrogen) atoms. The zero-order valence-electron chi connectivity index (χ0n) is 13.1. The van der Waals surface area contributed by atoms with Gasteiger partial charge in [0, 0.05) is 12.0 Å². The first-order chi connectivity index (χ1) is 9.53. The number of nitriles is 1. The summed E-state index contributed by atoms with van der Waals surface area (Å²) in [7, 11) is 0. The summed E-state index contributed by atoms with van der Waals surface area (Å²) in [6.07, 6.45) is 9.19. The van der Waals surface area contributed by atoms with Gasteiger partial charge in [-0.15, -0.1) is 0 Å². The van der Waals surface area contributed by atoms with E-state index in [1.54, 1.807) is 0 Å². The molecule has 0 spiro atoms. The van der Waals surface area contributed by atoms with Crippen LogP contribution in [-0.2, 0) is 0 Å². The molecule has 3 atom stereocenters. The van der Waals surface area contributed by atoms with Crippen LogP contribution in [0.15, 0.2) is 0 Å². The average Bonchev–Trinajstić information content (AvgIpc) is 2.87. The normalized spacial score (nSPS) is 32.2. The fraction of sp³-hybridized carbons (Fsp3) is 0.941. The van der Waals surface area contributed by atoms with Crippen LogP contribution < -0.4 is 0 Å². The topological polar surface area (TPSA) is 47.3 Å². The van der Waals surface area contributed by atoms with Crippen molar-refractivity contribution in [2.45, 2.75) is 77.4 Å². The predicted molar refractivity (Wildman–Crippen MR) is 81.2 cm³/mol. The molecule has 0 bridgehead atoms. The van der Waals surface area contributed by atoms with Crippen LogP contribution in [0.5, 0.6) is 0 Å². The first kappa shape index (κ1) is 15.8. The first-order valence-electron chi connectivity index (χ1n) is 8.37. The summed E-state index contributed by atoms with van der Waals surface area (Å²) in [5, 5.41) is 19.4. The van der Waals surface area contributed by atoms with E-state index < -0.39 is 0 Å². The van der Waals surface area contributed by atoms with Gasteiger partial charge in [0.05, 0.1) is 17.6 Å². The highest BCUT2D eigenvalue weighted by Crippen LogP contribution is 2.35. The fourth-order valence-electron chi connectivity index (χ4n) is 3.98. The summed E-state index contributed by atoms with van der Waals surface area (Å²) in [6, 6.07) is 2.98. The molecule has 0 radical (unpaired) electrons. The zero-order chi connectivity index (χ0) is 14.6. The van der Waals surface area contributed by atoms with Crippen LogP contribution in [0.4, 0.5) is 0 Å². The predicted octanol–water partition coefficient (Wildman–Crippen LogP) is 3.33. The molecule has 0 amide bonds. The summed E-state index contributed by atoms with van der Waals surface area (Å²) in [5.74, 6) is 0.496. The molecule has 0 aromatic rings. The molecule has 2 rings (SSSR count). The smallest absolute Gasteiger partial charge is 0.0683 e. The first-order valence-corrected chi connectivity index (χ1v) is 8.37. The quantitative estimate of drug-likeness (QED) is 0.839. The van der Waals surface area contributed by atoms with Crippen molar-refractivity contribution < 1.29 is 5.11 Å². The number of hydrogen-bond donors (Lipinski definition) is 1. The van der Waals surface area contributed by atoms with E-state index in [4.69, 9.17) is 5.26 Å². The Labute approximate surface area is 124 Å². The Morgan fingerprint density at radius 2 is 1.95 bits per heavy atom. The molecule has 1 aliphatic heterocycles. The second-order valence-electron chi connectivity index (χ2n) is 7.36. The van der Waals surface area contributed by atoms with E-state index in [9.17, 15) is 5.11 Å². The van der Waals surface area contributed by atoms with Crippen LogP contribution in [0, 0.1) is 22.7 Å². The Bertz CT molecular complexity index is 347. The lowest BCUT2D eigenvalue weighted by Crippen LogP contribution is -2.43. The van der Waals surface area contributed by atoms with E-state index in [0.717, 1.165) is 25.8 Å². The molecule has 1 saturated carbocycles. The van der Waals surface area contributed by atoms with Crippen molar-refractivity contribution in [3.8, 4) is 6.07 Å². The highest BCUT2D eigenvalue weighted by Gasteiger charge is 2.36. The summed E-state index contributed by atoms with van der Waals surface area (Å²) in [5.41, 5.74) is -0.195. The fourth-order valence-corrected chi connectivity index (χ4v) is 3.98.